The number of pyridine rings is 1. The second-order valence-corrected chi connectivity index (χ2v) is 7.39. The van der Waals surface area contributed by atoms with Gasteiger partial charge in [0, 0.05) is 43.8 Å². The van der Waals surface area contributed by atoms with Crippen molar-refractivity contribution in [2.75, 3.05) is 24.5 Å². The SMILES string of the molecule is CC1CN(c2cc3c(cc2F)c(=O)c(C(=O)O)cn3CC2CC2)CCN1. The largest absolute Gasteiger partial charge is 0.477 e. The van der Waals surface area contributed by atoms with E-state index in [2.05, 4.69) is 5.32 Å². The molecule has 1 aliphatic carbocycles. The number of benzene rings is 1. The number of anilines is 1. The highest BCUT2D eigenvalue weighted by molar-refractivity contribution is 5.93. The van der Waals surface area contributed by atoms with E-state index in [4.69, 9.17) is 0 Å². The van der Waals surface area contributed by atoms with Gasteiger partial charge < -0.3 is 19.9 Å². The fraction of sp³-hybridized carbons (Fsp3) is 0.474. The van der Waals surface area contributed by atoms with Crippen molar-refractivity contribution >= 4 is 22.6 Å². The molecule has 1 atom stereocenters. The first-order valence-corrected chi connectivity index (χ1v) is 9.02. The second kappa shape index (κ2) is 6.39. The molecule has 2 fully saturated rings. The molecule has 1 aliphatic heterocycles. The van der Waals surface area contributed by atoms with Gasteiger partial charge in [0.2, 0.25) is 5.43 Å². The third-order valence-corrected chi connectivity index (χ3v) is 5.24. The van der Waals surface area contributed by atoms with Crippen molar-refractivity contribution in [2.45, 2.75) is 32.4 Å². The average molecular weight is 359 g/mol. The fourth-order valence-corrected chi connectivity index (χ4v) is 3.67. The van der Waals surface area contributed by atoms with Gasteiger partial charge in [0.1, 0.15) is 11.4 Å². The average Bonchev–Trinajstić information content (AvgIpc) is 3.41. The molecule has 1 saturated carbocycles. The lowest BCUT2D eigenvalue weighted by atomic mass is 10.1. The smallest absolute Gasteiger partial charge is 0.341 e. The van der Waals surface area contributed by atoms with E-state index in [1.807, 2.05) is 16.4 Å². The number of fused-ring (bicyclic) bond motifs is 1. The van der Waals surface area contributed by atoms with E-state index in [-0.39, 0.29) is 17.0 Å². The van der Waals surface area contributed by atoms with Gasteiger partial charge in [-0.05, 0) is 37.8 Å². The van der Waals surface area contributed by atoms with Crippen molar-refractivity contribution in [3.05, 3.63) is 39.9 Å². The van der Waals surface area contributed by atoms with Crippen LogP contribution >= 0.6 is 0 Å². The summed E-state index contributed by atoms with van der Waals surface area (Å²) in [5.74, 6) is -1.26. The lowest BCUT2D eigenvalue weighted by molar-refractivity contribution is 0.0694. The molecule has 0 amide bonds. The fourth-order valence-electron chi connectivity index (χ4n) is 3.67. The molecule has 2 aromatic rings. The van der Waals surface area contributed by atoms with Crippen LogP contribution in [0.5, 0.6) is 0 Å². The van der Waals surface area contributed by atoms with E-state index >= 15 is 0 Å². The van der Waals surface area contributed by atoms with Gasteiger partial charge in [-0.15, -0.1) is 0 Å². The molecule has 4 rings (SSSR count). The zero-order valence-electron chi connectivity index (χ0n) is 14.7. The number of hydrogen-bond donors (Lipinski definition) is 2. The minimum absolute atomic E-state index is 0.134. The number of nitrogens with one attached hydrogen (secondary N) is 1. The molecule has 2 N–H and O–H groups in total. The Kier molecular flexibility index (Phi) is 4.19. The molecule has 0 spiro atoms. The van der Waals surface area contributed by atoms with Crippen LogP contribution in [0.2, 0.25) is 0 Å². The summed E-state index contributed by atoms with van der Waals surface area (Å²) in [4.78, 5) is 25.9. The summed E-state index contributed by atoms with van der Waals surface area (Å²) < 4.78 is 16.6. The first-order chi connectivity index (χ1) is 12.4. The van der Waals surface area contributed by atoms with Gasteiger partial charge in [-0.25, -0.2) is 9.18 Å². The van der Waals surface area contributed by atoms with Crippen molar-refractivity contribution < 1.29 is 14.3 Å². The standard InChI is InChI=1S/C19H22FN3O3/c1-11-8-22(5-4-21-11)17-7-16-13(6-15(17)20)18(24)14(19(25)26)10-23(16)9-12-2-3-12/h6-7,10-12,21H,2-5,8-9H2,1H3,(H,25,26). The molecule has 0 bridgehead atoms. The number of carboxylic acid groups (broad SMARTS) is 1. The number of hydrogen-bond acceptors (Lipinski definition) is 4. The third kappa shape index (κ3) is 3.07. The normalized spacial score (nSPS) is 20.5. The third-order valence-electron chi connectivity index (χ3n) is 5.24. The molecule has 2 heterocycles. The Hall–Kier alpha value is -2.41. The van der Waals surface area contributed by atoms with Crippen LogP contribution in [0.15, 0.2) is 23.1 Å². The maximum Gasteiger partial charge on any atom is 0.341 e. The zero-order valence-corrected chi connectivity index (χ0v) is 14.7. The van der Waals surface area contributed by atoms with Gasteiger partial charge in [0.15, 0.2) is 0 Å². The lowest BCUT2D eigenvalue weighted by Crippen LogP contribution is -2.49. The van der Waals surface area contributed by atoms with E-state index in [0.717, 1.165) is 19.4 Å². The number of nitrogens with zero attached hydrogens (tertiary/aromatic N) is 2. The van der Waals surface area contributed by atoms with Crippen LogP contribution in [0.25, 0.3) is 10.9 Å². The molecule has 1 aromatic heterocycles. The predicted octanol–water partition coefficient (Wildman–Crippen LogP) is 2.05. The van der Waals surface area contributed by atoms with Gasteiger partial charge in [0.05, 0.1) is 11.2 Å². The summed E-state index contributed by atoms with van der Waals surface area (Å²) in [5, 5.41) is 12.8. The molecule has 2 aliphatic rings. The molecule has 0 radical (unpaired) electrons. The topological polar surface area (TPSA) is 74.6 Å². The lowest BCUT2D eigenvalue weighted by Gasteiger charge is -2.34. The molecule has 1 unspecified atom stereocenters. The molecule has 1 aromatic carbocycles. The maximum atomic E-state index is 14.8. The number of carbonyl (C=O) groups is 1. The van der Waals surface area contributed by atoms with Crippen molar-refractivity contribution in [2.24, 2.45) is 5.92 Å². The summed E-state index contributed by atoms with van der Waals surface area (Å²) in [6, 6.07) is 3.16. The van der Waals surface area contributed by atoms with Crippen LogP contribution in [0.3, 0.4) is 0 Å². The first-order valence-electron chi connectivity index (χ1n) is 9.02. The number of carboxylic acids is 1. The van der Waals surface area contributed by atoms with Crippen molar-refractivity contribution in [1.82, 2.24) is 9.88 Å². The van der Waals surface area contributed by atoms with Crippen LogP contribution in [-0.4, -0.2) is 41.3 Å². The van der Waals surface area contributed by atoms with E-state index in [9.17, 15) is 19.1 Å². The highest BCUT2D eigenvalue weighted by Crippen LogP contribution is 2.33. The molecular formula is C19H22FN3O3. The van der Waals surface area contributed by atoms with Crippen LogP contribution in [0.1, 0.15) is 30.1 Å². The number of aromatic carboxylic acids is 1. The van der Waals surface area contributed by atoms with Gasteiger partial charge in [-0.2, -0.15) is 0 Å². The van der Waals surface area contributed by atoms with Gasteiger partial charge >= 0.3 is 5.97 Å². The van der Waals surface area contributed by atoms with Crippen LogP contribution in [0, 0.1) is 11.7 Å². The van der Waals surface area contributed by atoms with Gasteiger partial charge in [-0.1, -0.05) is 0 Å². The van der Waals surface area contributed by atoms with E-state index in [1.165, 1.54) is 12.3 Å². The van der Waals surface area contributed by atoms with E-state index < -0.39 is 17.2 Å². The van der Waals surface area contributed by atoms with E-state index in [0.29, 0.717) is 36.8 Å². The van der Waals surface area contributed by atoms with Crippen molar-refractivity contribution in [3.63, 3.8) is 0 Å². The number of rotatable bonds is 4. The van der Waals surface area contributed by atoms with Gasteiger partial charge in [0.25, 0.3) is 0 Å². The monoisotopic (exact) mass is 359 g/mol. The van der Waals surface area contributed by atoms with Crippen LogP contribution in [0.4, 0.5) is 10.1 Å². The summed E-state index contributed by atoms with van der Waals surface area (Å²) in [6.45, 7) is 4.84. The molecule has 138 valence electrons. The molecule has 26 heavy (non-hydrogen) atoms. The minimum Gasteiger partial charge on any atom is -0.477 e. The summed E-state index contributed by atoms with van der Waals surface area (Å²) in [5.41, 5.74) is 0.145. The molecule has 1 saturated heterocycles. The highest BCUT2D eigenvalue weighted by Gasteiger charge is 2.25. The Bertz CT molecular complexity index is 936. The Morgan fingerprint density at radius 2 is 2.15 bits per heavy atom. The van der Waals surface area contributed by atoms with Crippen molar-refractivity contribution in [3.8, 4) is 0 Å². The number of piperazine rings is 1. The Morgan fingerprint density at radius 1 is 1.38 bits per heavy atom. The van der Waals surface area contributed by atoms with Crippen LogP contribution < -0.4 is 15.6 Å². The van der Waals surface area contributed by atoms with E-state index in [1.54, 1.807) is 6.07 Å². The maximum absolute atomic E-state index is 14.8. The predicted molar refractivity (Wildman–Crippen MR) is 97.5 cm³/mol. The first kappa shape index (κ1) is 17.0. The Morgan fingerprint density at radius 3 is 2.81 bits per heavy atom. The zero-order chi connectivity index (χ0) is 18.4. The Labute approximate surface area is 150 Å². The number of halogens is 1. The summed E-state index contributed by atoms with van der Waals surface area (Å²) >= 11 is 0. The molecular weight excluding hydrogens is 337 g/mol. The van der Waals surface area contributed by atoms with Gasteiger partial charge in [-0.3, -0.25) is 4.79 Å². The summed E-state index contributed by atoms with van der Waals surface area (Å²) in [6.07, 6.45) is 3.60. The minimum atomic E-state index is -1.28. The highest BCUT2D eigenvalue weighted by atomic mass is 19.1. The van der Waals surface area contributed by atoms with Crippen LogP contribution in [-0.2, 0) is 6.54 Å². The van der Waals surface area contributed by atoms with Crippen molar-refractivity contribution in [1.29, 1.82) is 0 Å². The Balaban J connectivity index is 1.88. The number of aromatic nitrogens is 1. The quantitative estimate of drug-likeness (QED) is 0.874. The summed E-state index contributed by atoms with van der Waals surface area (Å²) in [7, 11) is 0. The second-order valence-electron chi connectivity index (χ2n) is 7.39. The molecule has 7 heteroatoms. The molecule has 6 nitrogen and oxygen atoms in total.